The second-order valence-electron chi connectivity index (χ2n) is 10.1. The first-order chi connectivity index (χ1) is 17.8. The summed E-state index contributed by atoms with van der Waals surface area (Å²) in [5.74, 6) is 0.681. The van der Waals surface area contributed by atoms with E-state index >= 15 is 0 Å². The molecule has 5 aromatic carbocycles. The van der Waals surface area contributed by atoms with Gasteiger partial charge in [-0.3, -0.25) is 0 Å². The molecule has 0 bridgehead atoms. The quantitative estimate of drug-likeness (QED) is 0.263. The van der Waals surface area contributed by atoms with Crippen molar-refractivity contribution in [3.8, 4) is 11.1 Å². The van der Waals surface area contributed by atoms with Crippen molar-refractivity contribution in [3.05, 3.63) is 109 Å². The Bertz CT molecular complexity index is 1670. The fourth-order valence-corrected chi connectivity index (χ4v) is 7.40. The van der Waals surface area contributed by atoms with E-state index in [2.05, 4.69) is 108 Å². The molecule has 0 aliphatic heterocycles. The first kappa shape index (κ1) is 21.6. The Balaban J connectivity index is 1.35. The van der Waals surface area contributed by atoms with Gasteiger partial charge in [0, 0.05) is 21.2 Å². The molecule has 1 fully saturated rings. The molecular weight excluding hydrogens is 454 g/mol. The number of benzene rings is 5. The van der Waals surface area contributed by atoms with Crippen LogP contribution in [0.3, 0.4) is 0 Å². The average molecular weight is 484 g/mol. The van der Waals surface area contributed by atoms with Crippen LogP contribution in [0.15, 0.2) is 103 Å². The average Bonchev–Trinajstić information content (AvgIpc) is 3.35. The molecule has 0 amide bonds. The van der Waals surface area contributed by atoms with Crippen LogP contribution in [0.4, 0.5) is 11.4 Å². The highest BCUT2D eigenvalue weighted by atomic mass is 32.1. The fourth-order valence-electron chi connectivity index (χ4n) is 6.02. The van der Waals surface area contributed by atoms with E-state index in [4.69, 9.17) is 0 Å². The Morgan fingerprint density at radius 2 is 1.33 bits per heavy atom. The predicted molar refractivity (Wildman–Crippen MR) is 158 cm³/mol. The van der Waals surface area contributed by atoms with E-state index in [1.807, 2.05) is 11.3 Å². The molecule has 1 aliphatic rings. The third-order valence-corrected chi connectivity index (χ3v) is 9.12. The third-order valence-electron chi connectivity index (χ3n) is 7.83. The van der Waals surface area contributed by atoms with Crippen LogP contribution in [0, 0.1) is 0 Å². The summed E-state index contributed by atoms with van der Waals surface area (Å²) in [6.07, 6.45) is 6.74. The van der Waals surface area contributed by atoms with Crippen molar-refractivity contribution >= 4 is 53.7 Å². The SMILES string of the molecule is c1ccc(-c2ccc(Nc3cccc4c3sc3c(C5CCCCC5)cc5ccccc5c34)cc2)cc1. The summed E-state index contributed by atoms with van der Waals surface area (Å²) in [5.41, 5.74) is 6.38. The number of hydrogen-bond donors (Lipinski definition) is 1. The molecule has 0 radical (unpaired) electrons. The van der Waals surface area contributed by atoms with E-state index in [1.54, 1.807) is 5.56 Å². The maximum Gasteiger partial charge on any atom is 0.0590 e. The van der Waals surface area contributed by atoms with Gasteiger partial charge in [0.2, 0.25) is 0 Å². The molecule has 176 valence electrons. The Morgan fingerprint density at radius 3 is 2.17 bits per heavy atom. The lowest BCUT2D eigenvalue weighted by atomic mass is 9.82. The molecule has 2 heteroatoms. The molecule has 0 atom stereocenters. The molecule has 6 aromatic rings. The van der Waals surface area contributed by atoms with E-state index in [9.17, 15) is 0 Å². The van der Waals surface area contributed by atoms with Crippen LogP contribution in [-0.4, -0.2) is 0 Å². The smallest absolute Gasteiger partial charge is 0.0590 e. The Labute approximate surface area is 216 Å². The van der Waals surface area contributed by atoms with Crippen LogP contribution in [0.5, 0.6) is 0 Å². The van der Waals surface area contributed by atoms with E-state index in [-0.39, 0.29) is 0 Å². The Kier molecular flexibility index (Phi) is 5.48. The first-order valence-corrected chi connectivity index (χ1v) is 14.0. The van der Waals surface area contributed by atoms with Crippen LogP contribution in [0.25, 0.3) is 42.1 Å². The number of fused-ring (bicyclic) bond motifs is 5. The van der Waals surface area contributed by atoms with E-state index < -0.39 is 0 Å². The van der Waals surface area contributed by atoms with Crippen LogP contribution in [0.1, 0.15) is 43.6 Å². The van der Waals surface area contributed by atoms with Crippen LogP contribution in [0.2, 0.25) is 0 Å². The molecule has 36 heavy (non-hydrogen) atoms. The molecule has 1 N–H and O–H groups in total. The molecule has 0 unspecified atom stereocenters. The normalized spacial score (nSPS) is 14.6. The number of hydrogen-bond acceptors (Lipinski definition) is 2. The van der Waals surface area contributed by atoms with Crippen molar-refractivity contribution < 1.29 is 0 Å². The van der Waals surface area contributed by atoms with Crippen molar-refractivity contribution in [2.75, 3.05) is 5.32 Å². The van der Waals surface area contributed by atoms with Gasteiger partial charge >= 0.3 is 0 Å². The second kappa shape index (κ2) is 9.11. The highest BCUT2D eigenvalue weighted by molar-refractivity contribution is 7.26. The monoisotopic (exact) mass is 483 g/mol. The van der Waals surface area contributed by atoms with Gasteiger partial charge in [-0.1, -0.05) is 98.1 Å². The fraction of sp³-hybridized carbons (Fsp3) is 0.176. The topological polar surface area (TPSA) is 12.0 Å². The summed E-state index contributed by atoms with van der Waals surface area (Å²) in [4.78, 5) is 0. The Hall–Kier alpha value is -3.62. The van der Waals surface area contributed by atoms with Gasteiger partial charge in [-0.25, -0.2) is 0 Å². The van der Waals surface area contributed by atoms with Crippen LogP contribution < -0.4 is 5.32 Å². The molecule has 1 saturated carbocycles. The maximum absolute atomic E-state index is 3.74. The van der Waals surface area contributed by atoms with Crippen molar-refractivity contribution in [1.82, 2.24) is 0 Å². The molecule has 0 spiro atoms. The number of anilines is 2. The zero-order valence-electron chi connectivity index (χ0n) is 20.3. The molecule has 0 saturated heterocycles. The van der Waals surface area contributed by atoms with Crippen molar-refractivity contribution in [2.45, 2.75) is 38.0 Å². The minimum atomic E-state index is 0.681. The van der Waals surface area contributed by atoms with Gasteiger partial charge in [0.1, 0.15) is 0 Å². The lowest BCUT2D eigenvalue weighted by Crippen LogP contribution is -2.04. The van der Waals surface area contributed by atoms with Crippen molar-refractivity contribution in [3.63, 3.8) is 0 Å². The highest BCUT2D eigenvalue weighted by Crippen LogP contribution is 2.47. The summed E-state index contributed by atoms with van der Waals surface area (Å²) in [7, 11) is 0. The number of nitrogens with one attached hydrogen (secondary N) is 1. The summed E-state index contributed by atoms with van der Waals surface area (Å²) in [6.45, 7) is 0. The summed E-state index contributed by atoms with van der Waals surface area (Å²) in [5, 5.41) is 9.31. The van der Waals surface area contributed by atoms with Gasteiger partial charge in [0.05, 0.1) is 10.4 Å². The summed E-state index contributed by atoms with van der Waals surface area (Å²) in [6, 6.07) is 37.6. The lowest BCUT2D eigenvalue weighted by Gasteiger charge is -2.23. The summed E-state index contributed by atoms with van der Waals surface area (Å²) >= 11 is 1.98. The highest BCUT2D eigenvalue weighted by Gasteiger charge is 2.22. The minimum absolute atomic E-state index is 0.681. The van der Waals surface area contributed by atoms with Gasteiger partial charge in [0.15, 0.2) is 0 Å². The van der Waals surface area contributed by atoms with E-state index in [1.165, 1.54) is 79.9 Å². The van der Waals surface area contributed by atoms with Gasteiger partial charge in [-0.2, -0.15) is 0 Å². The van der Waals surface area contributed by atoms with Gasteiger partial charge in [-0.15, -0.1) is 11.3 Å². The number of thiophene rings is 1. The molecular formula is C34H29NS. The van der Waals surface area contributed by atoms with Crippen LogP contribution >= 0.6 is 11.3 Å². The van der Waals surface area contributed by atoms with Crippen LogP contribution in [-0.2, 0) is 0 Å². The van der Waals surface area contributed by atoms with Crippen molar-refractivity contribution in [1.29, 1.82) is 0 Å². The van der Waals surface area contributed by atoms with E-state index in [0.29, 0.717) is 5.92 Å². The summed E-state index contributed by atoms with van der Waals surface area (Å²) < 4.78 is 2.84. The molecule has 1 heterocycles. The predicted octanol–water partition coefficient (Wildman–Crippen LogP) is 10.7. The van der Waals surface area contributed by atoms with E-state index in [0.717, 1.165) is 5.69 Å². The largest absolute Gasteiger partial charge is 0.354 e. The number of rotatable bonds is 4. The minimum Gasteiger partial charge on any atom is -0.354 e. The molecule has 1 nitrogen and oxygen atoms in total. The second-order valence-corrected chi connectivity index (χ2v) is 11.1. The standard InChI is InChI=1S/C34H29NS/c1-3-10-23(11-4-1)24-18-20-27(21-19-24)35-31-17-9-16-29-32-28-15-8-7-14-26(28)22-30(34(32)36-33(29)31)25-12-5-2-6-13-25/h1,3-4,7-11,14-22,25,35H,2,5-6,12-13H2. The molecule has 1 aromatic heterocycles. The third kappa shape index (κ3) is 3.77. The zero-order valence-corrected chi connectivity index (χ0v) is 21.2. The first-order valence-electron chi connectivity index (χ1n) is 13.1. The van der Waals surface area contributed by atoms with Gasteiger partial charge in [-0.05, 0) is 70.5 Å². The molecule has 7 rings (SSSR count). The Morgan fingerprint density at radius 1 is 0.611 bits per heavy atom. The lowest BCUT2D eigenvalue weighted by molar-refractivity contribution is 0.446. The van der Waals surface area contributed by atoms with Gasteiger partial charge < -0.3 is 5.32 Å². The molecule has 1 aliphatic carbocycles. The maximum atomic E-state index is 3.74. The zero-order chi connectivity index (χ0) is 23.9. The van der Waals surface area contributed by atoms with Gasteiger partial charge in [0.25, 0.3) is 0 Å². The van der Waals surface area contributed by atoms with Crippen molar-refractivity contribution in [2.24, 2.45) is 0 Å².